The zero-order chi connectivity index (χ0) is 23.9. The fourth-order valence-electron chi connectivity index (χ4n) is 3.91. The summed E-state index contributed by atoms with van der Waals surface area (Å²) in [6, 6.07) is 25.2. The molecule has 0 heterocycles. The van der Waals surface area contributed by atoms with Gasteiger partial charge >= 0.3 is 17.9 Å². The molecule has 4 rings (SSSR count). The first-order valence-corrected chi connectivity index (χ1v) is 10.9. The predicted molar refractivity (Wildman–Crippen MR) is 122 cm³/mol. The van der Waals surface area contributed by atoms with Gasteiger partial charge in [0.1, 0.15) is 6.10 Å². The monoisotopic (exact) mass is 460 g/mol. The van der Waals surface area contributed by atoms with Gasteiger partial charge in [0.2, 0.25) is 0 Å². The highest BCUT2D eigenvalue weighted by atomic mass is 16.6. The van der Waals surface area contributed by atoms with Crippen molar-refractivity contribution < 1.29 is 33.7 Å². The molecule has 1 aliphatic carbocycles. The van der Waals surface area contributed by atoms with E-state index in [4.69, 9.17) is 14.2 Å². The van der Waals surface area contributed by atoms with Crippen LogP contribution in [0.4, 0.5) is 0 Å². The second-order valence-corrected chi connectivity index (χ2v) is 8.00. The Balaban J connectivity index is 1.51. The highest BCUT2D eigenvalue weighted by molar-refractivity contribution is 5.90. The molecule has 174 valence electrons. The van der Waals surface area contributed by atoms with Gasteiger partial charge in [-0.2, -0.15) is 0 Å². The molecule has 1 fully saturated rings. The Bertz CT molecular complexity index is 1120. The fraction of sp³-hybridized carbons (Fsp3) is 0.222. The van der Waals surface area contributed by atoms with Gasteiger partial charge in [-0.05, 0) is 42.8 Å². The number of rotatable bonds is 7. The minimum atomic E-state index is -1.11. The topological polar surface area (TPSA) is 99.1 Å². The Morgan fingerprint density at radius 3 is 1.53 bits per heavy atom. The van der Waals surface area contributed by atoms with Gasteiger partial charge < -0.3 is 19.3 Å². The summed E-state index contributed by atoms with van der Waals surface area (Å²) in [7, 11) is 0. The maximum absolute atomic E-state index is 12.8. The summed E-state index contributed by atoms with van der Waals surface area (Å²) in [5.74, 6) is -2.37. The number of carbonyl (C=O) groups excluding carboxylic acids is 3. The standard InChI is InChI=1S/C27H24O7/c28-22-16-21(17-32-25(29)18-10-4-1-5-11-18)23(33-26(30)19-12-6-2-7-13-19)24(22)34-27(31)20-14-8-3-9-15-20/h1-15,21-24,28H,16-17H2/t21-,22+,23?,24?/m0/s1. The summed E-state index contributed by atoms with van der Waals surface area (Å²) < 4.78 is 16.7. The molecule has 1 saturated carbocycles. The average Bonchev–Trinajstić information content (AvgIpc) is 3.17. The van der Waals surface area contributed by atoms with E-state index in [2.05, 4.69) is 0 Å². The van der Waals surface area contributed by atoms with E-state index in [9.17, 15) is 19.5 Å². The maximum Gasteiger partial charge on any atom is 0.338 e. The molecule has 7 nitrogen and oxygen atoms in total. The summed E-state index contributed by atoms with van der Waals surface area (Å²) >= 11 is 0. The summed E-state index contributed by atoms with van der Waals surface area (Å²) in [4.78, 5) is 37.8. The third kappa shape index (κ3) is 5.50. The first-order chi connectivity index (χ1) is 16.5. The Labute approximate surface area is 196 Å². The summed E-state index contributed by atoms with van der Waals surface area (Å²) in [6.07, 6.45) is -3.08. The van der Waals surface area contributed by atoms with E-state index in [0.717, 1.165) is 0 Å². The van der Waals surface area contributed by atoms with Crippen LogP contribution in [0, 0.1) is 5.92 Å². The number of aliphatic hydroxyl groups excluding tert-OH is 1. The molecule has 0 spiro atoms. The smallest absolute Gasteiger partial charge is 0.338 e. The van der Waals surface area contributed by atoms with Gasteiger partial charge in [-0.3, -0.25) is 0 Å². The molecule has 0 aromatic heterocycles. The average molecular weight is 460 g/mol. The molecule has 1 aliphatic rings. The molecule has 7 heteroatoms. The van der Waals surface area contributed by atoms with E-state index < -0.39 is 42.1 Å². The van der Waals surface area contributed by atoms with Crippen molar-refractivity contribution in [2.75, 3.05) is 6.61 Å². The Morgan fingerprint density at radius 2 is 1.06 bits per heavy atom. The van der Waals surface area contributed by atoms with Gasteiger partial charge in [-0.25, -0.2) is 14.4 Å². The van der Waals surface area contributed by atoms with E-state index >= 15 is 0 Å². The van der Waals surface area contributed by atoms with Crippen molar-refractivity contribution in [3.8, 4) is 0 Å². The molecule has 3 aromatic rings. The van der Waals surface area contributed by atoms with Gasteiger partial charge in [0.15, 0.2) is 6.10 Å². The van der Waals surface area contributed by atoms with Crippen LogP contribution in [0.2, 0.25) is 0 Å². The lowest BCUT2D eigenvalue weighted by atomic mass is 10.1. The molecular formula is C27H24O7. The quantitative estimate of drug-likeness (QED) is 0.424. The molecule has 0 saturated heterocycles. The van der Waals surface area contributed by atoms with Crippen LogP contribution in [0.25, 0.3) is 0 Å². The molecule has 3 aromatic carbocycles. The minimum absolute atomic E-state index is 0.114. The highest BCUT2D eigenvalue weighted by Crippen LogP contribution is 2.33. The van der Waals surface area contributed by atoms with E-state index in [-0.39, 0.29) is 13.0 Å². The molecule has 4 atom stereocenters. The SMILES string of the molecule is O=C(OC[C@@H]1C[C@@H](O)C(OC(=O)c2ccccc2)C1OC(=O)c1ccccc1)c1ccccc1. The van der Waals surface area contributed by atoms with Crippen molar-refractivity contribution in [2.24, 2.45) is 5.92 Å². The molecule has 0 aliphatic heterocycles. The largest absolute Gasteiger partial charge is 0.462 e. The normalized spacial score (nSPS) is 21.4. The first kappa shape index (κ1) is 23.2. The van der Waals surface area contributed by atoms with Crippen LogP contribution in [0.15, 0.2) is 91.0 Å². The van der Waals surface area contributed by atoms with E-state index in [0.29, 0.717) is 16.7 Å². The molecule has 0 amide bonds. The van der Waals surface area contributed by atoms with Gasteiger partial charge in [0.25, 0.3) is 0 Å². The van der Waals surface area contributed by atoms with E-state index in [1.54, 1.807) is 91.0 Å². The number of ether oxygens (including phenoxy) is 3. The van der Waals surface area contributed by atoms with E-state index in [1.165, 1.54) is 0 Å². The van der Waals surface area contributed by atoms with E-state index in [1.807, 2.05) is 0 Å². The van der Waals surface area contributed by atoms with Crippen molar-refractivity contribution in [3.63, 3.8) is 0 Å². The lowest BCUT2D eigenvalue weighted by Gasteiger charge is -2.25. The zero-order valence-corrected chi connectivity index (χ0v) is 18.3. The number of carbonyl (C=O) groups is 3. The second kappa shape index (κ2) is 10.8. The molecule has 0 radical (unpaired) electrons. The number of hydrogen-bond donors (Lipinski definition) is 1. The third-order valence-corrected chi connectivity index (χ3v) is 5.66. The van der Waals surface area contributed by atoms with Crippen LogP contribution in [-0.4, -0.2) is 47.9 Å². The van der Waals surface area contributed by atoms with Crippen molar-refractivity contribution in [3.05, 3.63) is 108 Å². The second-order valence-electron chi connectivity index (χ2n) is 8.00. The van der Waals surface area contributed by atoms with Crippen LogP contribution >= 0.6 is 0 Å². The Kier molecular flexibility index (Phi) is 7.34. The van der Waals surface area contributed by atoms with Gasteiger partial charge in [-0.15, -0.1) is 0 Å². The fourth-order valence-corrected chi connectivity index (χ4v) is 3.91. The van der Waals surface area contributed by atoms with Crippen molar-refractivity contribution >= 4 is 17.9 Å². The van der Waals surface area contributed by atoms with Crippen molar-refractivity contribution in [1.29, 1.82) is 0 Å². The van der Waals surface area contributed by atoms with Gasteiger partial charge in [0.05, 0.1) is 29.4 Å². The molecule has 34 heavy (non-hydrogen) atoms. The Morgan fingerprint density at radius 1 is 0.647 bits per heavy atom. The predicted octanol–water partition coefficient (Wildman–Crippen LogP) is 3.68. The summed E-state index contributed by atoms with van der Waals surface area (Å²) in [6.45, 7) is -0.114. The lowest BCUT2D eigenvalue weighted by molar-refractivity contribution is -0.0636. The Hall–Kier alpha value is -3.97. The minimum Gasteiger partial charge on any atom is -0.462 e. The van der Waals surface area contributed by atoms with Crippen LogP contribution < -0.4 is 0 Å². The number of aliphatic hydroxyl groups is 1. The first-order valence-electron chi connectivity index (χ1n) is 10.9. The van der Waals surface area contributed by atoms with Crippen molar-refractivity contribution in [2.45, 2.75) is 24.7 Å². The van der Waals surface area contributed by atoms with Crippen molar-refractivity contribution in [1.82, 2.24) is 0 Å². The molecular weight excluding hydrogens is 436 g/mol. The van der Waals surface area contributed by atoms with Gasteiger partial charge in [0, 0.05) is 5.92 Å². The number of hydrogen-bond acceptors (Lipinski definition) is 7. The van der Waals surface area contributed by atoms with Crippen LogP contribution in [0.1, 0.15) is 37.5 Å². The summed E-state index contributed by atoms with van der Waals surface area (Å²) in [5, 5.41) is 10.7. The molecule has 2 unspecified atom stereocenters. The molecule has 1 N–H and O–H groups in total. The lowest BCUT2D eigenvalue weighted by Crippen LogP contribution is -2.40. The van der Waals surface area contributed by atoms with Crippen LogP contribution in [-0.2, 0) is 14.2 Å². The van der Waals surface area contributed by atoms with Gasteiger partial charge in [-0.1, -0.05) is 54.6 Å². The molecule has 0 bridgehead atoms. The maximum atomic E-state index is 12.8. The highest BCUT2D eigenvalue weighted by Gasteiger charge is 2.48. The summed E-state index contributed by atoms with van der Waals surface area (Å²) in [5.41, 5.74) is 1.00. The van der Waals surface area contributed by atoms with Crippen LogP contribution in [0.5, 0.6) is 0 Å². The number of benzene rings is 3. The third-order valence-electron chi connectivity index (χ3n) is 5.66. The van der Waals surface area contributed by atoms with Crippen LogP contribution in [0.3, 0.4) is 0 Å². The number of esters is 3. The zero-order valence-electron chi connectivity index (χ0n) is 18.3.